The molecule has 0 bridgehead atoms. The van der Waals surface area contributed by atoms with Crippen LogP contribution in [-0.2, 0) is 11.2 Å². The number of amides is 1. The van der Waals surface area contributed by atoms with Crippen molar-refractivity contribution in [2.24, 2.45) is 5.92 Å². The molecule has 3 nitrogen and oxygen atoms in total. The van der Waals surface area contributed by atoms with Crippen molar-refractivity contribution in [3.05, 3.63) is 58.1 Å². The summed E-state index contributed by atoms with van der Waals surface area (Å²) in [5, 5.41) is 3.81. The van der Waals surface area contributed by atoms with Crippen molar-refractivity contribution in [2.75, 3.05) is 12.4 Å². The largest absolute Gasteiger partial charge is 0.497 e. The molecule has 116 valence electrons. The molecule has 0 aliphatic heterocycles. The predicted octanol–water partition coefficient (Wildman–Crippen LogP) is 4.82. The molecule has 2 aromatic carbocycles. The fourth-order valence-electron chi connectivity index (χ4n) is 2.09. The Hall–Kier alpha value is -1.71. The van der Waals surface area contributed by atoms with Crippen molar-refractivity contribution in [1.29, 1.82) is 0 Å². The van der Waals surface area contributed by atoms with Crippen LogP contribution < -0.4 is 10.1 Å². The smallest absolute Gasteiger partial charge is 0.227 e. The van der Waals surface area contributed by atoms with Gasteiger partial charge in [-0.1, -0.05) is 42.3 Å². The van der Waals surface area contributed by atoms with Gasteiger partial charge < -0.3 is 10.1 Å². The van der Waals surface area contributed by atoms with Crippen LogP contribution in [0.2, 0.25) is 10.0 Å². The minimum absolute atomic E-state index is 0.105. The first-order valence-electron chi connectivity index (χ1n) is 6.88. The Morgan fingerprint density at radius 2 is 2.00 bits per heavy atom. The van der Waals surface area contributed by atoms with Gasteiger partial charge in [0.1, 0.15) is 5.75 Å². The Balaban J connectivity index is 2.04. The van der Waals surface area contributed by atoms with E-state index in [-0.39, 0.29) is 11.8 Å². The number of hydrogen-bond donors (Lipinski definition) is 1. The third kappa shape index (κ3) is 4.39. The second-order valence-corrected chi connectivity index (χ2v) is 5.91. The van der Waals surface area contributed by atoms with E-state index in [0.717, 1.165) is 11.3 Å². The normalized spacial score (nSPS) is 11.8. The molecule has 0 fully saturated rings. The summed E-state index contributed by atoms with van der Waals surface area (Å²) < 4.78 is 5.19. The zero-order chi connectivity index (χ0) is 16.1. The van der Waals surface area contributed by atoms with Crippen LogP contribution in [-0.4, -0.2) is 13.0 Å². The number of halogens is 2. The van der Waals surface area contributed by atoms with Crippen LogP contribution in [0.3, 0.4) is 0 Å². The summed E-state index contributed by atoms with van der Waals surface area (Å²) in [6.07, 6.45) is 0.612. The standard InChI is InChI=1S/C17H17Cl2NO2/c1-11(8-12-4-3-5-14(9-12)22-2)17(21)20-16-10-13(18)6-7-15(16)19/h3-7,9-11H,8H2,1-2H3,(H,20,21). The Labute approximate surface area is 140 Å². The van der Waals surface area contributed by atoms with Crippen LogP contribution >= 0.6 is 23.2 Å². The van der Waals surface area contributed by atoms with E-state index in [4.69, 9.17) is 27.9 Å². The Kier molecular flexibility index (Phi) is 5.69. The monoisotopic (exact) mass is 337 g/mol. The highest BCUT2D eigenvalue weighted by atomic mass is 35.5. The SMILES string of the molecule is COc1cccc(CC(C)C(=O)Nc2cc(Cl)ccc2Cl)c1. The first kappa shape index (κ1) is 16.7. The van der Waals surface area contributed by atoms with Gasteiger partial charge in [-0.2, -0.15) is 0 Å². The molecule has 0 aromatic heterocycles. The average Bonchev–Trinajstić information content (AvgIpc) is 2.51. The molecule has 5 heteroatoms. The van der Waals surface area contributed by atoms with Gasteiger partial charge in [0.15, 0.2) is 0 Å². The Morgan fingerprint density at radius 3 is 2.73 bits per heavy atom. The maximum atomic E-state index is 12.3. The molecule has 0 aliphatic rings. The lowest BCUT2D eigenvalue weighted by molar-refractivity contribution is -0.119. The van der Waals surface area contributed by atoms with Crippen molar-refractivity contribution in [2.45, 2.75) is 13.3 Å². The third-order valence-corrected chi connectivity index (χ3v) is 3.87. The van der Waals surface area contributed by atoms with E-state index >= 15 is 0 Å². The van der Waals surface area contributed by atoms with E-state index < -0.39 is 0 Å². The third-order valence-electron chi connectivity index (χ3n) is 3.31. The summed E-state index contributed by atoms with van der Waals surface area (Å²) in [5.41, 5.74) is 1.57. The van der Waals surface area contributed by atoms with Gasteiger partial charge in [-0.25, -0.2) is 0 Å². The summed E-state index contributed by atoms with van der Waals surface area (Å²) in [4.78, 5) is 12.3. The first-order valence-corrected chi connectivity index (χ1v) is 7.64. The number of rotatable bonds is 5. The van der Waals surface area contributed by atoms with Crippen LogP contribution in [0.5, 0.6) is 5.75 Å². The van der Waals surface area contributed by atoms with Gasteiger partial charge in [0.2, 0.25) is 5.91 Å². The highest BCUT2D eigenvalue weighted by Crippen LogP contribution is 2.26. The molecule has 1 N–H and O–H groups in total. The van der Waals surface area contributed by atoms with Crippen LogP contribution in [0, 0.1) is 5.92 Å². The topological polar surface area (TPSA) is 38.3 Å². The number of ether oxygens (including phenoxy) is 1. The van der Waals surface area contributed by atoms with Crippen LogP contribution in [0.4, 0.5) is 5.69 Å². The number of anilines is 1. The molecule has 0 saturated heterocycles. The minimum atomic E-state index is -0.206. The molecule has 2 rings (SSSR count). The molecule has 2 aromatic rings. The number of methoxy groups -OCH3 is 1. The molecule has 0 saturated carbocycles. The van der Waals surface area contributed by atoms with Gasteiger partial charge in [0, 0.05) is 10.9 Å². The molecule has 0 spiro atoms. The minimum Gasteiger partial charge on any atom is -0.497 e. The van der Waals surface area contributed by atoms with E-state index in [0.29, 0.717) is 22.2 Å². The van der Waals surface area contributed by atoms with Crippen molar-refractivity contribution < 1.29 is 9.53 Å². The summed E-state index contributed by atoms with van der Waals surface area (Å²) in [7, 11) is 1.62. The quantitative estimate of drug-likeness (QED) is 0.849. The summed E-state index contributed by atoms with van der Waals surface area (Å²) in [5.74, 6) is 0.470. The average molecular weight is 338 g/mol. The summed E-state index contributed by atoms with van der Waals surface area (Å²) in [6, 6.07) is 12.7. The number of hydrogen-bond acceptors (Lipinski definition) is 2. The van der Waals surface area contributed by atoms with E-state index in [1.807, 2.05) is 31.2 Å². The van der Waals surface area contributed by atoms with E-state index in [2.05, 4.69) is 5.32 Å². The number of benzene rings is 2. The Morgan fingerprint density at radius 1 is 1.23 bits per heavy atom. The van der Waals surface area contributed by atoms with Crippen molar-refractivity contribution in [3.63, 3.8) is 0 Å². The van der Waals surface area contributed by atoms with Crippen molar-refractivity contribution >= 4 is 34.8 Å². The summed E-state index contributed by atoms with van der Waals surface area (Å²) >= 11 is 12.0. The second-order valence-electron chi connectivity index (χ2n) is 5.07. The lowest BCUT2D eigenvalue weighted by Gasteiger charge is -2.14. The molecule has 22 heavy (non-hydrogen) atoms. The van der Waals surface area contributed by atoms with Gasteiger partial charge >= 0.3 is 0 Å². The molecule has 1 atom stereocenters. The number of carbonyl (C=O) groups excluding carboxylic acids is 1. The molecule has 0 aliphatic carbocycles. The van der Waals surface area contributed by atoms with E-state index in [1.54, 1.807) is 25.3 Å². The van der Waals surface area contributed by atoms with Gasteiger partial charge in [0.25, 0.3) is 0 Å². The van der Waals surface area contributed by atoms with Crippen LogP contribution in [0.25, 0.3) is 0 Å². The van der Waals surface area contributed by atoms with Gasteiger partial charge in [0.05, 0.1) is 17.8 Å². The second kappa shape index (κ2) is 7.52. The van der Waals surface area contributed by atoms with Crippen molar-refractivity contribution in [1.82, 2.24) is 0 Å². The molecular weight excluding hydrogens is 321 g/mol. The molecule has 1 amide bonds. The zero-order valence-corrected chi connectivity index (χ0v) is 13.9. The Bertz CT molecular complexity index is 673. The maximum absolute atomic E-state index is 12.3. The fourth-order valence-corrected chi connectivity index (χ4v) is 2.43. The molecule has 1 unspecified atom stereocenters. The lowest BCUT2D eigenvalue weighted by Crippen LogP contribution is -2.22. The highest BCUT2D eigenvalue weighted by molar-refractivity contribution is 6.35. The molecule has 0 heterocycles. The fraction of sp³-hybridized carbons (Fsp3) is 0.235. The highest BCUT2D eigenvalue weighted by Gasteiger charge is 2.15. The lowest BCUT2D eigenvalue weighted by atomic mass is 10.00. The van der Waals surface area contributed by atoms with Gasteiger partial charge in [-0.3, -0.25) is 4.79 Å². The first-order chi connectivity index (χ1) is 10.5. The zero-order valence-electron chi connectivity index (χ0n) is 12.4. The van der Waals surface area contributed by atoms with Crippen LogP contribution in [0.1, 0.15) is 12.5 Å². The van der Waals surface area contributed by atoms with E-state index in [9.17, 15) is 4.79 Å². The molecule has 0 radical (unpaired) electrons. The van der Waals surface area contributed by atoms with Gasteiger partial charge in [-0.15, -0.1) is 0 Å². The van der Waals surface area contributed by atoms with Gasteiger partial charge in [-0.05, 0) is 42.3 Å². The number of carbonyl (C=O) groups is 1. The van der Waals surface area contributed by atoms with Crippen molar-refractivity contribution in [3.8, 4) is 5.75 Å². The number of nitrogens with one attached hydrogen (secondary N) is 1. The maximum Gasteiger partial charge on any atom is 0.227 e. The predicted molar refractivity (Wildman–Crippen MR) is 91.0 cm³/mol. The van der Waals surface area contributed by atoms with E-state index in [1.165, 1.54) is 0 Å². The van der Waals surface area contributed by atoms with Crippen LogP contribution in [0.15, 0.2) is 42.5 Å². The summed E-state index contributed by atoms with van der Waals surface area (Å²) in [6.45, 7) is 1.87. The molecular formula is C17H17Cl2NO2.